The van der Waals surface area contributed by atoms with E-state index < -0.39 is 0 Å². The third-order valence-corrected chi connectivity index (χ3v) is 4.76. The number of rotatable bonds is 2. The first-order chi connectivity index (χ1) is 11.3. The summed E-state index contributed by atoms with van der Waals surface area (Å²) in [7, 11) is 0. The van der Waals surface area contributed by atoms with E-state index in [0.717, 1.165) is 28.5 Å². The summed E-state index contributed by atoms with van der Waals surface area (Å²) in [6.45, 7) is 8.39. The van der Waals surface area contributed by atoms with Crippen molar-refractivity contribution in [2.75, 3.05) is 0 Å². The molecule has 1 aromatic carbocycles. The molecule has 0 bridgehead atoms. The minimum absolute atomic E-state index is 0.00862. The van der Waals surface area contributed by atoms with Gasteiger partial charge in [0.25, 0.3) is 0 Å². The molecule has 0 radical (unpaired) electrons. The zero-order valence-electron chi connectivity index (χ0n) is 14.9. The molecule has 3 rings (SSSR count). The number of benzene rings is 1. The van der Waals surface area contributed by atoms with Crippen LogP contribution >= 0.6 is 0 Å². The molecule has 0 spiro atoms. The average molecular weight is 323 g/mol. The van der Waals surface area contributed by atoms with Gasteiger partial charge in [-0.15, -0.1) is 0 Å². The van der Waals surface area contributed by atoms with Crippen LogP contribution < -0.4 is 0 Å². The molecule has 0 aliphatic heterocycles. The summed E-state index contributed by atoms with van der Waals surface area (Å²) in [4.78, 5) is 28.4. The summed E-state index contributed by atoms with van der Waals surface area (Å²) in [5.74, 6) is -0.0358. The predicted octanol–water partition coefficient (Wildman–Crippen LogP) is 4.85. The third kappa shape index (κ3) is 3.21. The Balaban J connectivity index is 1.90. The fourth-order valence-electron chi connectivity index (χ4n) is 3.48. The predicted molar refractivity (Wildman–Crippen MR) is 97.2 cm³/mol. The minimum Gasteiger partial charge on any atom is -0.361 e. The van der Waals surface area contributed by atoms with Gasteiger partial charge in [-0.25, -0.2) is 0 Å². The van der Waals surface area contributed by atoms with E-state index in [1.807, 2.05) is 24.4 Å². The van der Waals surface area contributed by atoms with Crippen LogP contribution in [-0.2, 0) is 9.59 Å². The molecule has 2 aromatic rings. The summed E-state index contributed by atoms with van der Waals surface area (Å²) in [5.41, 5.74) is 3.84. The Morgan fingerprint density at radius 3 is 2.46 bits per heavy atom. The Kier molecular flexibility index (Phi) is 4.20. The summed E-state index contributed by atoms with van der Waals surface area (Å²) in [5, 5.41) is 1.16. The van der Waals surface area contributed by atoms with E-state index in [0.29, 0.717) is 18.4 Å². The van der Waals surface area contributed by atoms with E-state index in [4.69, 9.17) is 0 Å². The molecule has 0 unspecified atom stereocenters. The normalized spacial score (nSPS) is 19.2. The maximum atomic E-state index is 12.6. The first kappa shape index (κ1) is 16.7. The van der Waals surface area contributed by atoms with Gasteiger partial charge >= 0.3 is 0 Å². The Morgan fingerprint density at radius 1 is 1.17 bits per heavy atom. The molecule has 3 heteroatoms. The van der Waals surface area contributed by atoms with Crippen molar-refractivity contribution >= 4 is 22.5 Å². The van der Waals surface area contributed by atoms with Crippen molar-refractivity contribution in [2.24, 2.45) is 5.41 Å². The number of nitrogens with one attached hydrogen (secondary N) is 1. The van der Waals surface area contributed by atoms with E-state index in [-0.39, 0.29) is 22.9 Å². The van der Waals surface area contributed by atoms with Crippen molar-refractivity contribution < 1.29 is 9.59 Å². The maximum Gasteiger partial charge on any atom is 0.166 e. The molecule has 1 fully saturated rings. The van der Waals surface area contributed by atoms with Gasteiger partial charge in [0.2, 0.25) is 0 Å². The molecule has 1 aromatic heterocycles. The van der Waals surface area contributed by atoms with E-state index in [9.17, 15) is 9.59 Å². The minimum atomic E-state index is -0.0185. The zero-order valence-corrected chi connectivity index (χ0v) is 14.9. The monoisotopic (exact) mass is 323 g/mol. The number of allylic oxidation sites excluding steroid dienone is 2. The molecule has 1 N–H and O–H groups in total. The number of carbonyl (C=O) groups excluding carboxylic acids is 2. The summed E-state index contributed by atoms with van der Waals surface area (Å²) < 4.78 is 0. The molecule has 1 saturated carbocycles. The highest BCUT2D eigenvalue weighted by Crippen LogP contribution is 2.37. The van der Waals surface area contributed by atoms with Crippen molar-refractivity contribution in [1.29, 1.82) is 0 Å². The highest BCUT2D eigenvalue weighted by molar-refractivity contribution is 6.22. The van der Waals surface area contributed by atoms with Crippen LogP contribution in [0.3, 0.4) is 0 Å². The fourth-order valence-corrected chi connectivity index (χ4v) is 3.48. The molecule has 0 saturated heterocycles. The first-order valence-electron chi connectivity index (χ1n) is 8.59. The van der Waals surface area contributed by atoms with Crippen LogP contribution in [0.1, 0.15) is 57.1 Å². The van der Waals surface area contributed by atoms with Crippen LogP contribution in [0.4, 0.5) is 0 Å². The SMILES string of the molecule is Cc1c[nH]c2cccc(C3CC(=O)C(=CCC(C)(C)C)C(=O)C3)c12. The topological polar surface area (TPSA) is 49.9 Å². The molecule has 1 aliphatic rings. The van der Waals surface area contributed by atoms with Gasteiger partial charge in [0.1, 0.15) is 0 Å². The Labute approximate surface area is 143 Å². The lowest BCUT2D eigenvalue weighted by Crippen LogP contribution is -2.25. The average Bonchev–Trinajstić information content (AvgIpc) is 2.87. The third-order valence-electron chi connectivity index (χ3n) is 4.76. The number of carbonyl (C=O) groups is 2. The second-order valence-corrected chi connectivity index (χ2v) is 8.08. The standard InChI is InChI=1S/C21H25NO2/c1-13-12-22-17-7-5-6-15(20(13)17)14-10-18(23)16(19(24)11-14)8-9-21(2,3)4/h5-8,12,14,22H,9-11H2,1-4H3. The number of H-pyrrole nitrogens is 1. The van der Waals surface area contributed by atoms with Crippen molar-refractivity contribution in [3.05, 3.63) is 47.2 Å². The highest BCUT2D eigenvalue weighted by Gasteiger charge is 2.32. The van der Waals surface area contributed by atoms with Crippen LogP contribution in [0, 0.1) is 12.3 Å². The summed E-state index contributed by atoms with van der Waals surface area (Å²) in [6.07, 6.45) is 5.42. The smallest absolute Gasteiger partial charge is 0.166 e. The van der Waals surface area contributed by atoms with Crippen molar-refractivity contribution in [2.45, 2.75) is 52.9 Å². The quantitative estimate of drug-likeness (QED) is 0.634. The Bertz CT molecular complexity index is 813. The largest absolute Gasteiger partial charge is 0.361 e. The second-order valence-electron chi connectivity index (χ2n) is 8.08. The second kappa shape index (κ2) is 6.04. The molecule has 126 valence electrons. The van der Waals surface area contributed by atoms with Gasteiger partial charge in [0, 0.05) is 29.9 Å². The van der Waals surface area contributed by atoms with Gasteiger partial charge < -0.3 is 4.98 Å². The van der Waals surface area contributed by atoms with Crippen molar-refractivity contribution in [1.82, 2.24) is 4.98 Å². The van der Waals surface area contributed by atoms with E-state index in [1.54, 1.807) is 0 Å². The van der Waals surface area contributed by atoms with Crippen LogP contribution in [0.2, 0.25) is 0 Å². The number of aromatic nitrogens is 1. The molecular weight excluding hydrogens is 298 g/mol. The van der Waals surface area contributed by atoms with E-state index in [1.165, 1.54) is 0 Å². The van der Waals surface area contributed by atoms with Gasteiger partial charge in [-0.1, -0.05) is 39.0 Å². The molecule has 1 heterocycles. The lowest BCUT2D eigenvalue weighted by molar-refractivity contribution is -0.124. The lowest BCUT2D eigenvalue weighted by atomic mass is 9.77. The number of aryl methyl sites for hydroxylation is 1. The molecule has 0 amide bonds. The Morgan fingerprint density at radius 2 is 1.83 bits per heavy atom. The molecule has 1 aliphatic carbocycles. The lowest BCUT2D eigenvalue weighted by Gasteiger charge is -2.24. The van der Waals surface area contributed by atoms with Gasteiger partial charge in [-0.2, -0.15) is 0 Å². The van der Waals surface area contributed by atoms with Crippen LogP contribution in [-0.4, -0.2) is 16.6 Å². The first-order valence-corrected chi connectivity index (χ1v) is 8.59. The van der Waals surface area contributed by atoms with E-state index >= 15 is 0 Å². The number of hydrogen-bond donors (Lipinski definition) is 1. The number of fused-ring (bicyclic) bond motifs is 1. The molecular formula is C21H25NO2. The Hall–Kier alpha value is -2.16. The number of Topliss-reactive ketones (excluding diaryl/α,β-unsaturated/α-hetero) is 2. The van der Waals surface area contributed by atoms with Crippen LogP contribution in [0.5, 0.6) is 0 Å². The maximum absolute atomic E-state index is 12.6. The number of aromatic amines is 1. The highest BCUT2D eigenvalue weighted by atomic mass is 16.1. The van der Waals surface area contributed by atoms with Gasteiger partial charge in [-0.05, 0) is 41.9 Å². The van der Waals surface area contributed by atoms with Crippen LogP contribution in [0.15, 0.2) is 36.0 Å². The van der Waals surface area contributed by atoms with E-state index in [2.05, 4.69) is 38.7 Å². The number of hydrogen-bond acceptors (Lipinski definition) is 2. The number of ketones is 2. The summed E-state index contributed by atoms with van der Waals surface area (Å²) >= 11 is 0. The molecule has 0 atom stereocenters. The fraction of sp³-hybridized carbons (Fsp3) is 0.429. The van der Waals surface area contributed by atoms with Gasteiger partial charge in [0.15, 0.2) is 11.6 Å². The van der Waals surface area contributed by atoms with Gasteiger partial charge in [-0.3, -0.25) is 9.59 Å². The van der Waals surface area contributed by atoms with Gasteiger partial charge in [0.05, 0.1) is 5.57 Å². The van der Waals surface area contributed by atoms with Crippen molar-refractivity contribution in [3.8, 4) is 0 Å². The molecule has 3 nitrogen and oxygen atoms in total. The van der Waals surface area contributed by atoms with Crippen molar-refractivity contribution in [3.63, 3.8) is 0 Å². The zero-order chi connectivity index (χ0) is 17.5. The van der Waals surface area contributed by atoms with Crippen LogP contribution in [0.25, 0.3) is 10.9 Å². The molecule has 24 heavy (non-hydrogen) atoms. The summed E-state index contributed by atoms with van der Waals surface area (Å²) in [6, 6.07) is 6.08.